The average Bonchev–Trinajstić information content (AvgIpc) is 2.46. The van der Waals surface area contributed by atoms with E-state index < -0.39 is 0 Å². The molecular weight excluding hydrogens is 276 g/mol. The van der Waals surface area contributed by atoms with Crippen molar-refractivity contribution in [2.24, 2.45) is 4.99 Å². The lowest BCUT2D eigenvalue weighted by Gasteiger charge is -2.11. The van der Waals surface area contributed by atoms with Crippen LogP contribution in [0, 0.1) is 0 Å². The average molecular weight is 299 g/mol. The minimum atomic E-state index is 0.499. The highest BCUT2D eigenvalue weighted by molar-refractivity contribution is 6.29. The van der Waals surface area contributed by atoms with Gasteiger partial charge in [-0.25, -0.2) is 9.98 Å². The summed E-state index contributed by atoms with van der Waals surface area (Å²) in [7, 11) is 0. The van der Waals surface area contributed by atoms with E-state index in [0.717, 1.165) is 44.2 Å². The largest absolute Gasteiger partial charge is 0.382 e. The fourth-order valence-electron chi connectivity index (χ4n) is 1.54. The highest BCUT2D eigenvalue weighted by Crippen LogP contribution is 2.05. The van der Waals surface area contributed by atoms with Crippen LogP contribution in [0.1, 0.15) is 25.8 Å². The number of halogens is 1. The number of rotatable bonds is 8. The molecule has 6 heteroatoms. The molecule has 0 atom stereocenters. The Morgan fingerprint density at radius 3 is 2.85 bits per heavy atom. The van der Waals surface area contributed by atoms with Crippen molar-refractivity contribution in [1.82, 2.24) is 15.6 Å². The number of hydrogen-bond donors (Lipinski definition) is 2. The van der Waals surface area contributed by atoms with Gasteiger partial charge in [0, 0.05) is 32.5 Å². The van der Waals surface area contributed by atoms with Gasteiger partial charge in [0.1, 0.15) is 5.15 Å². The van der Waals surface area contributed by atoms with E-state index in [1.807, 2.05) is 19.9 Å². The quantitative estimate of drug-likeness (QED) is 0.334. The lowest BCUT2D eigenvalue weighted by molar-refractivity contribution is 0.145. The van der Waals surface area contributed by atoms with E-state index >= 15 is 0 Å². The molecule has 0 aliphatic carbocycles. The SMILES string of the molecule is CCNC(=NCc1ccc(Cl)nc1)NCCCOCC. The number of nitrogens with zero attached hydrogens (tertiary/aromatic N) is 2. The van der Waals surface area contributed by atoms with Crippen LogP contribution in [0.15, 0.2) is 23.3 Å². The van der Waals surface area contributed by atoms with Gasteiger partial charge >= 0.3 is 0 Å². The zero-order valence-electron chi connectivity index (χ0n) is 12.2. The molecule has 0 radical (unpaired) electrons. The van der Waals surface area contributed by atoms with Gasteiger partial charge in [-0.1, -0.05) is 17.7 Å². The van der Waals surface area contributed by atoms with Crippen molar-refractivity contribution in [3.8, 4) is 0 Å². The van der Waals surface area contributed by atoms with Crippen molar-refractivity contribution in [2.75, 3.05) is 26.3 Å². The lowest BCUT2D eigenvalue weighted by atomic mass is 10.3. The third-order valence-corrected chi connectivity index (χ3v) is 2.74. The molecule has 0 aromatic carbocycles. The van der Waals surface area contributed by atoms with Crippen LogP contribution in [0.25, 0.3) is 0 Å². The molecule has 1 aromatic rings. The van der Waals surface area contributed by atoms with E-state index in [1.165, 1.54) is 0 Å². The van der Waals surface area contributed by atoms with Gasteiger partial charge in [0.15, 0.2) is 5.96 Å². The van der Waals surface area contributed by atoms with Crippen LogP contribution >= 0.6 is 11.6 Å². The lowest BCUT2D eigenvalue weighted by Crippen LogP contribution is -2.38. The molecular formula is C14H23ClN4O. The first-order valence-electron chi connectivity index (χ1n) is 6.96. The summed E-state index contributed by atoms with van der Waals surface area (Å²) < 4.78 is 5.29. The minimum Gasteiger partial charge on any atom is -0.382 e. The molecule has 0 aliphatic heterocycles. The fourth-order valence-corrected chi connectivity index (χ4v) is 1.65. The predicted octanol–water partition coefficient (Wildman–Crippen LogP) is 2.22. The van der Waals surface area contributed by atoms with Crippen molar-refractivity contribution in [3.63, 3.8) is 0 Å². The molecule has 0 fully saturated rings. The monoisotopic (exact) mass is 298 g/mol. The van der Waals surface area contributed by atoms with E-state index in [1.54, 1.807) is 12.3 Å². The highest BCUT2D eigenvalue weighted by atomic mass is 35.5. The van der Waals surface area contributed by atoms with Crippen LogP contribution in [0.3, 0.4) is 0 Å². The standard InChI is InChI=1S/C14H23ClN4O/c1-3-16-14(17-8-5-9-20-4-2)19-11-12-6-7-13(15)18-10-12/h6-7,10H,3-5,8-9,11H2,1-2H3,(H2,16,17,19). The van der Waals surface area contributed by atoms with Crippen LogP contribution in [0.2, 0.25) is 5.15 Å². The molecule has 1 aromatic heterocycles. The third-order valence-electron chi connectivity index (χ3n) is 2.51. The zero-order chi connectivity index (χ0) is 14.6. The number of ether oxygens (including phenoxy) is 1. The maximum atomic E-state index is 5.75. The van der Waals surface area contributed by atoms with Crippen LogP contribution in [0.5, 0.6) is 0 Å². The van der Waals surface area contributed by atoms with Gasteiger partial charge in [-0.2, -0.15) is 0 Å². The first-order valence-corrected chi connectivity index (χ1v) is 7.34. The van der Waals surface area contributed by atoms with E-state index in [9.17, 15) is 0 Å². The topological polar surface area (TPSA) is 58.5 Å². The summed E-state index contributed by atoms with van der Waals surface area (Å²) in [5.74, 6) is 0.805. The Hall–Kier alpha value is -1.33. The molecule has 0 unspecified atom stereocenters. The van der Waals surface area contributed by atoms with Crippen molar-refractivity contribution in [3.05, 3.63) is 29.0 Å². The first kappa shape index (κ1) is 16.7. The second kappa shape index (κ2) is 10.5. The Labute approximate surface area is 125 Å². The summed E-state index contributed by atoms with van der Waals surface area (Å²) in [6, 6.07) is 3.70. The number of aliphatic imine (C=N–C) groups is 1. The molecule has 0 aliphatic rings. The van der Waals surface area contributed by atoms with Crippen molar-refractivity contribution in [2.45, 2.75) is 26.8 Å². The number of pyridine rings is 1. The third kappa shape index (κ3) is 7.31. The Kier molecular flexibility index (Phi) is 8.74. The van der Waals surface area contributed by atoms with E-state index in [4.69, 9.17) is 16.3 Å². The smallest absolute Gasteiger partial charge is 0.191 e. The van der Waals surface area contributed by atoms with Gasteiger partial charge in [-0.05, 0) is 31.9 Å². The predicted molar refractivity (Wildman–Crippen MR) is 83.2 cm³/mol. The Bertz CT molecular complexity index is 395. The van der Waals surface area contributed by atoms with Gasteiger partial charge in [0.25, 0.3) is 0 Å². The second-order valence-corrected chi connectivity index (χ2v) is 4.55. The fraction of sp³-hybridized carbons (Fsp3) is 0.571. The second-order valence-electron chi connectivity index (χ2n) is 4.16. The minimum absolute atomic E-state index is 0.499. The highest BCUT2D eigenvalue weighted by Gasteiger charge is 1.98. The normalized spacial score (nSPS) is 11.4. The maximum Gasteiger partial charge on any atom is 0.191 e. The summed E-state index contributed by atoms with van der Waals surface area (Å²) in [6.07, 6.45) is 2.70. The molecule has 1 heterocycles. The summed E-state index contributed by atoms with van der Waals surface area (Å²) in [4.78, 5) is 8.54. The molecule has 5 nitrogen and oxygen atoms in total. The molecule has 20 heavy (non-hydrogen) atoms. The summed E-state index contributed by atoms with van der Waals surface area (Å²) in [6.45, 7) is 7.81. The van der Waals surface area contributed by atoms with E-state index in [0.29, 0.717) is 11.7 Å². The number of aromatic nitrogens is 1. The van der Waals surface area contributed by atoms with Gasteiger partial charge in [-0.3, -0.25) is 0 Å². The zero-order valence-corrected chi connectivity index (χ0v) is 12.9. The van der Waals surface area contributed by atoms with Gasteiger partial charge in [-0.15, -0.1) is 0 Å². The molecule has 1 rings (SSSR count). The van der Waals surface area contributed by atoms with Crippen LogP contribution in [0.4, 0.5) is 0 Å². The van der Waals surface area contributed by atoms with E-state index in [-0.39, 0.29) is 0 Å². The van der Waals surface area contributed by atoms with Crippen molar-refractivity contribution >= 4 is 17.6 Å². The molecule has 112 valence electrons. The van der Waals surface area contributed by atoms with E-state index in [2.05, 4.69) is 20.6 Å². The van der Waals surface area contributed by atoms with Crippen molar-refractivity contribution in [1.29, 1.82) is 0 Å². The Morgan fingerprint density at radius 2 is 2.20 bits per heavy atom. The van der Waals surface area contributed by atoms with Crippen LogP contribution in [-0.4, -0.2) is 37.2 Å². The van der Waals surface area contributed by atoms with Crippen LogP contribution in [-0.2, 0) is 11.3 Å². The van der Waals surface area contributed by atoms with Crippen LogP contribution < -0.4 is 10.6 Å². The van der Waals surface area contributed by atoms with Gasteiger partial charge in [0.05, 0.1) is 6.54 Å². The first-order chi connectivity index (χ1) is 9.76. The Balaban J connectivity index is 2.39. The number of guanidine groups is 1. The summed E-state index contributed by atoms with van der Waals surface area (Å²) >= 11 is 5.75. The number of nitrogens with one attached hydrogen (secondary N) is 2. The molecule has 0 amide bonds. The van der Waals surface area contributed by atoms with Gasteiger partial charge in [0.2, 0.25) is 0 Å². The molecule has 0 saturated heterocycles. The summed E-state index contributed by atoms with van der Waals surface area (Å²) in [5, 5.41) is 6.98. The molecule has 0 bridgehead atoms. The molecule has 2 N–H and O–H groups in total. The maximum absolute atomic E-state index is 5.75. The molecule has 0 saturated carbocycles. The van der Waals surface area contributed by atoms with Gasteiger partial charge < -0.3 is 15.4 Å². The molecule has 0 spiro atoms. The summed E-state index contributed by atoms with van der Waals surface area (Å²) in [5.41, 5.74) is 1.03. The van der Waals surface area contributed by atoms with Crippen molar-refractivity contribution < 1.29 is 4.74 Å². The number of hydrogen-bond acceptors (Lipinski definition) is 3. The Morgan fingerprint density at radius 1 is 1.35 bits per heavy atom.